The summed E-state index contributed by atoms with van der Waals surface area (Å²) in [6.45, 7) is 0. The second-order valence-corrected chi connectivity index (χ2v) is 14.9. The molecule has 4 nitrogen and oxygen atoms in total. The molecule has 0 saturated carbocycles. The number of hydrogen-bond acceptors (Lipinski definition) is 3. The third-order valence-corrected chi connectivity index (χ3v) is 12.0. The number of hydrogen-bond donors (Lipinski definition) is 0. The molecule has 0 N–H and O–H groups in total. The standard InChI is InChI=1S/C52H31N3O/c1-2-16-34(17-3-1)54-44-23-11-12-24-45(44)55-46-29-33-15-5-4-14-32(33)28-41(46)36-18-6-7-19-37(36)42-31-47-50(52(54)51(42)55)40-21-8-10-22-43(40)53(47)35-26-27-39-38-20-9-13-25-48(38)56-49(39)30-35/h1-31H. The third-order valence-electron chi connectivity index (χ3n) is 12.0. The van der Waals surface area contributed by atoms with E-state index < -0.39 is 0 Å². The molecule has 4 heteroatoms. The van der Waals surface area contributed by atoms with E-state index in [1.165, 1.54) is 55.2 Å². The van der Waals surface area contributed by atoms with Crippen molar-refractivity contribution in [2.75, 3.05) is 9.80 Å². The molecule has 56 heavy (non-hydrogen) atoms. The summed E-state index contributed by atoms with van der Waals surface area (Å²) < 4.78 is 8.93. The lowest BCUT2D eigenvalue weighted by Gasteiger charge is -2.41. The number of anilines is 6. The lowest BCUT2D eigenvalue weighted by atomic mass is 9.91. The zero-order chi connectivity index (χ0) is 36.5. The van der Waals surface area contributed by atoms with Gasteiger partial charge in [-0.1, -0.05) is 115 Å². The predicted molar refractivity (Wildman–Crippen MR) is 233 cm³/mol. The molecule has 260 valence electrons. The fraction of sp³-hybridized carbons (Fsp3) is 0. The highest BCUT2D eigenvalue weighted by Crippen LogP contribution is 2.64. The number of fused-ring (bicyclic) bond motifs is 15. The highest BCUT2D eigenvalue weighted by Gasteiger charge is 2.39. The summed E-state index contributed by atoms with van der Waals surface area (Å²) in [7, 11) is 0. The zero-order valence-electron chi connectivity index (χ0n) is 30.1. The van der Waals surface area contributed by atoms with Crippen LogP contribution in [0.2, 0.25) is 0 Å². The van der Waals surface area contributed by atoms with Crippen LogP contribution in [0.1, 0.15) is 0 Å². The van der Waals surface area contributed by atoms with E-state index in [4.69, 9.17) is 4.42 Å². The minimum Gasteiger partial charge on any atom is -0.456 e. The van der Waals surface area contributed by atoms with Gasteiger partial charge in [0.2, 0.25) is 0 Å². The van der Waals surface area contributed by atoms with Crippen molar-refractivity contribution in [1.82, 2.24) is 4.57 Å². The second-order valence-electron chi connectivity index (χ2n) is 14.9. The van der Waals surface area contributed by atoms with Crippen molar-refractivity contribution in [2.45, 2.75) is 0 Å². The van der Waals surface area contributed by atoms with Gasteiger partial charge in [-0.15, -0.1) is 0 Å². The molecule has 0 saturated heterocycles. The molecule has 2 aromatic heterocycles. The topological polar surface area (TPSA) is 24.6 Å². The van der Waals surface area contributed by atoms with Gasteiger partial charge in [0, 0.05) is 50.1 Å². The molecule has 0 spiro atoms. The van der Waals surface area contributed by atoms with Gasteiger partial charge in [0.1, 0.15) is 11.2 Å². The van der Waals surface area contributed by atoms with Gasteiger partial charge < -0.3 is 18.8 Å². The molecule has 0 amide bonds. The van der Waals surface area contributed by atoms with Gasteiger partial charge in [-0.25, -0.2) is 0 Å². The number of rotatable bonds is 2. The van der Waals surface area contributed by atoms with Crippen molar-refractivity contribution in [2.24, 2.45) is 0 Å². The summed E-state index contributed by atoms with van der Waals surface area (Å²) in [5.74, 6) is 0. The van der Waals surface area contributed by atoms with Crippen LogP contribution < -0.4 is 9.80 Å². The summed E-state index contributed by atoms with van der Waals surface area (Å²) in [4.78, 5) is 5.05. The summed E-state index contributed by atoms with van der Waals surface area (Å²) >= 11 is 0. The van der Waals surface area contributed by atoms with E-state index in [1.54, 1.807) is 0 Å². The number of nitrogens with zero attached hydrogens (tertiary/aromatic N) is 3. The Morgan fingerprint density at radius 2 is 0.982 bits per heavy atom. The number of furan rings is 1. The summed E-state index contributed by atoms with van der Waals surface area (Å²) in [5, 5.41) is 7.10. The van der Waals surface area contributed by atoms with Crippen molar-refractivity contribution in [3.63, 3.8) is 0 Å². The number of para-hydroxylation sites is 5. The molecular formula is C52H31N3O. The average Bonchev–Trinajstić information content (AvgIpc) is 3.77. The van der Waals surface area contributed by atoms with E-state index in [0.29, 0.717) is 0 Å². The summed E-state index contributed by atoms with van der Waals surface area (Å²) in [5.41, 5.74) is 16.9. The van der Waals surface area contributed by atoms with Crippen molar-refractivity contribution in [3.05, 3.63) is 188 Å². The Labute approximate surface area is 322 Å². The molecule has 9 aromatic carbocycles. The minimum absolute atomic E-state index is 0.879. The predicted octanol–water partition coefficient (Wildman–Crippen LogP) is 14.7. The van der Waals surface area contributed by atoms with Gasteiger partial charge in [0.25, 0.3) is 0 Å². The first kappa shape index (κ1) is 29.8. The molecular weight excluding hydrogens is 683 g/mol. The second kappa shape index (κ2) is 11.0. The summed E-state index contributed by atoms with van der Waals surface area (Å²) in [6.07, 6.45) is 0. The largest absolute Gasteiger partial charge is 0.456 e. The highest BCUT2D eigenvalue weighted by atomic mass is 16.3. The van der Waals surface area contributed by atoms with Crippen molar-refractivity contribution in [1.29, 1.82) is 0 Å². The summed E-state index contributed by atoms with van der Waals surface area (Å²) in [6, 6.07) is 68.5. The zero-order valence-corrected chi connectivity index (χ0v) is 30.1. The first-order chi connectivity index (χ1) is 27.8. The van der Waals surface area contributed by atoms with Crippen LogP contribution in [0.5, 0.6) is 0 Å². The van der Waals surface area contributed by atoms with Crippen LogP contribution in [0.4, 0.5) is 34.1 Å². The third kappa shape index (κ3) is 3.92. The number of aromatic nitrogens is 1. The Kier molecular flexibility index (Phi) is 5.86. The Bertz CT molecular complexity index is 3450. The fourth-order valence-corrected chi connectivity index (χ4v) is 9.64. The maximum atomic E-state index is 6.49. The van der Waals surface area contributed by atoms with Crippen LogP contribution in [0, 0.1) is 0 Å². The number of benzene rings is 9. The van der Waals surface area contributed by atoms with Gasteiger partial charge in [0.15, 0.2) is 0 Å². The van der Waals surface area contributed by atoms with Gasteiger partial charge in [-0.3, -0.25) is 0 Å². The SMILES string of the molecule is c1ccc(N2c3ccccc3N3c4cc5ccccc5cc4-c4ccccc4-c4cc5c(c2c43)c2ccccc2n5-c2ccc3c(c2)oc2ccccc23)cc1. The van der Waals surface area contributed by atoms with Crippen molar-refractivity contribution >= 4 is 88.6 Å². The van der Waals surface area contributed by atoms with Gasteiger partial charge in [0.05, 0.1) is 39.5 Å². The normalized spacial score (nSPS) is 12.9. The maximum absolute atomic E-state index is 6.49. The Morgan fingerprint density at radius 1 is 0.339 bits per heavy atom. The Hall–Kier alpha value is -7.56. The molecule has 0 radical (unpaired) electrons. The first-order valence-electron chi connectivity index (χ1n) is 19.2. The molecule has 0 unspecified atom stereocenters. The van der Waals surface area contributed by atoms with Crippen molar-refractivity contribution in [3.8, 4) is 27.9 Å². The van der Waals surface area contributed by atoms with Crippen LogP contribution in [0.25, 0.3) is 82.5 Å². The molecule has 2 aliphatic rings. The molecule has 0 fully saturated rings. The maximum Gasteiger partial charge on any atom is 0.137 e. The Morgan fingerprint density at radius 3 is 1.82 bits per heavy atom. The van der Waals surface area contributed by atoms with E-state index >= 15 is 0 Å². The quantitative estimate of drug-likeness (QED) is 0.178. The van der Waals surface area contributed by atoms with Gasteiger partial charge in [-0.2, -0.15) is 0 Å². The van der Waals surface area contributed by atoms with Crippen LogP contribution in [-0.4, -0.2) is 4.57 Å². The monoisotopic (exact) mass is 713 g/mol. The van der Waals surface area contributed by atoms with Crippen molar-refractivity contribution < 1.29 is 4.42 Å². The molecule has 2 aliphatic heterocycles. The molecule has 4 heterocycles. The van der Waals surface area contributed by atoms with Crippen LogP contribution in [-0.2, 0) is 0 Å². The first-order valence-corrected chi connectivity index (χ1v) is 19.2. The molecule has 0 aliphatic carbocycles. The lowest BCUT2D eigenvalue weighted by Crippen LogP contribution is -2.24. The molecule has 0 bridgehead atoms. The smallest absolute Gasteiger partial charge is 0.137 e. The van der Waals surface area contributed by atoms with Gasteiger partial charge >= 0.3 is 0 Å². The highest BCUT2D eigenvalue weighted by molar-refractivity contribution is 6.26. The van der Waals surface area contributed by atoms with E-state index in [0.717, 1.165) is 61.4 Å². The minimum atomic E-state index is 0.879. The van der Waals surface area contributed by atoms with E-state index in [2.05, 4.69) is 196 Å². The van der Waals surface area contributed by atoms with Gasteiger partial charge in [-0.05, 0) is 88.6 Å². The van der Waals surface area contributed by atoms with Crippen LogP contribution >= 0.6 is 0 Å². The van der Waals surface area contributed by atoms with Crippen LogP contribution in [0.3, 0.4) is 0 Å². The molecule has 0 atom stereocenters. The molecule has 13 rings (SSSR count). The Balaban J connectivity index is 1.24. The van der Waals surface area contributed by atoms with Crippen LogP contribution in [0.15, 0.2) is 192 Å². The molecule has 11 aromatic rings. The fourth-order valence-electron chi connectivity index (χ4n) is 9.64. The van der Waals surface area contributed by atoms with E-state index in [9.17, 15) is 0 Å². The average molecular weight is 714 g/mol. The lowest BCUT2D eigenvalue weighted by molar-refractivity contribution is 0.668. The van der Waals surface area contributed by atoms with E-state index in [1.807, 2.05) is 6.07 Å². The van der Waals surface area contributed by atoms with E-state index in [-0.39, 0.29) is 0 Å².